The molecule has 0 radical (unpaired) electrons. The number of fused-ring (bicyclic) bond motifs is 1. The van der Waals surface area contributed by atoms with Gasteiger partial charge in [-0.1, -0.05) is 42.5 Å². The van der Waals surface area contributed by atoms with Crippen LogP contribution in [0.2, 0.25) is 0 Å². The molecular weight excluding hydrogens is 399 g/mol. The highest BCUT2D eigenvalue weighted by atomic mass is 35.5. The van der Waals surface area contributed by atoms with Crippen molar-refractivity contribution >= 4 is 47.8 Å². The van der Waals surface area contributed by atoms with Gasteiger partial charge in [0.1, 0.15) is 0 Å². The summed E-state index contributed by atoms with van der Waals surface area (Å²) in [4.78, 5) is 19.5. The van der Waals surface area contributed by atoms with Gasteiger partial charge in [0.2, 0.25) is 0 Å². The Morgan fingerprint density at radius 1 is 1.04 bits per heavy atom. The number of para-hydroxylation sites is 1. The van der Waals surface area contributed by atoms with Crippen LogP contribution in [0.15, 0.2) is 53.5 Å². The van der Waals surface area contributed by atoms with Crippen molar-refractivity contribution in [3.63, 3.8) is 0 Å². The van der Waals surface area contributed by atoms with Crippen LogP contribution in [0.3, 0.4) is 0 Å². The van der Waals surface area contributed by atoms with Gasteiger partial charge in [-0.25, -0.2) is 0 Å². The Labute approximate surface area is 176 Å². The van der Waals surface area contributed by atoms with E-state index in [2.05, 4.69) is 20.5 Å². The average molecular weight is 423 g/mol. The first-order valence-electron chi connectivity index (χ1n) is 8.92. The number of piperazine rings is 1. The van der Waals surface area contributed by atoms with Crippen LogP contribution < -0.4 is 15.5 Å². The number of benzodiazepines with no additional fused rings is 1. The van der Waals surface area contributed by atoms with Gasteiger partial charge in [0.15, 0.2) is 6.04 Å². The second kappa shape index (κ2) is 9.89. The summed E-state index contributed by atoms with van der Waals surface area (Å²) in [6.45, 7) is 3.27. The van der Waals surface area contributed by atoms with Crippen LogP contribution in [-0.2, 0) is 4.79 Å². The molecule has 2 heterocycles. The summed E-state index contributed by atoms with van der Waals surface area (Å²) in [6, 6.07) is 15.0. The molecule has 3 N–H and O–H groups in total. The first kappa shape index (κ1) is 22.2. The predicted octanol–water partition coefficient (Wildman–Crippen LogP) is 2.09. The molecule has 0 saturated carbocycles. The van der Waals surface area contributed by atoms with Gasteiger partial charge < -0.3 is 20.6 Å². The fourth-order valence-electron chi connectivity index (χ4n) is 3.48. The first-order valence-corrected chi connectivity index (χ1v) is 8.92. The number of aliphatic hydroxyl groups is 1. The maximum atomic E-state index is 12.6. The van der Waals surface area contributed by atoms with Crippen molar-refractivity contribution in [2.75, 3.05) is 43.0 Å². The molecule has 2 aromatic carbocycles. The smallest absolute Gasteiger partial charge is 0.251 e. The number of rotatable bonds is 3. The van der Waals surface area contributed by atoms with Crippen molar-refractivity contribution in [3.05, 3.63) is 59.7 Å². The number of amides is 1. The lowest BCUT2D eigenvalue weighted by Gasteiger charge is -2.31. The van der Waals surface area contributed by atoms with Crippen LogP contribution in [0.25, 0.3) is 0 Å². The highest BCUT2D eigenvalue weighted by Gasteiger charge is 2.28. The Bertz CT molecular complexity index is 839. The third-order valence-corrected chi connectivity index (χ3v) is 4.81. The van der Waals surface area contributed by atoms with Crippen molar-refractivity contribution in [1.29, 1.82) is 0 Å². The summed E-state index contributed by atoms with van der Waals surface area (Å²) in [5.74, 6) is -0.276. The van der Waals surface area contributed by atoms with Gasteiger partial charge in [-0.3, -0.25) is 9.79 Å². The number of nitrogens with one attached hydrogen (secondary N) is 2. The van der Waals surface area contributed by atoms with E-state index >= 15 is 0 Å². The summed E-state index contributed by atoms with van der Waals surface area (Å²) in [7, 11) is 0. The van der Waals surface area contributed by atoms with E-state index < -0.39 is 6.04 Å². The van der Waals surface area contributed by atoms with Crippen molar-refractivity contribution in [2.24, 2.45) is 4.99 Å². The standard InChI is InChI=1S/C20H22N4O2.2ClH/c25-13-16-20(26)23-19-15(18(22-16)14-5-2-1-3-6-14)7-4-8-17(19)24-11-9-21-10-12-24;;/h1-8,16,21,25H,9-13H2,(H,23,26);2*1H/t16-;;/m0../s1. The second-order valence-corrected chi connectivity index (χ2v) is 6.47. The molecule has 2 aliphatic heterocycles. The zero-order valence-corrected chi connectivity index (χ0v) is 16.9. The minimum absolute atomic E-state index is 0. The first-order chi connectivity index (χ1) is 12.8. The van der Waals surface area contributed by atoms with Crippen LogP contribution in [0.1, 0.15) is 11.1 Å². The molecule has 8 heteroatoms. The number of benzene rings is 2. The van der Waals surface area contributed by atoms with E-state index in [0.717, 1.165) is 54.4 Å². The van der Waals surface area contributed by atoms with Crippen LogP contribution >= 0.6 is 24.8 Å². The monoisotopic (exact) mass is 422 g/mol. The molecule has 150 valence electrons. The Morgan fingerprint density at radius 2 is 1.75 bits per heavy atom. The number of anilines is 2. The quantitative estimate of drug-likeness (QED) is 0.707. The topological polar surface area (TPSA) is 77.0 Å². The van der Waals surface area contributed by atoms with Gasteiger partial charge >= 0.3 is 0 Å². The summed E-state index contributed by atoms with van der Waals surface area (Å²) in [5, 5.41) is 16.0. The zero-order valence-electron chi connectivity index (χ0n) is 15.3. The molecule has 28 heavy (non-hydrogen) atoms. The molecule has 6 nitrogen and oxygen atoms in total. The minimum Gasteiger partial charge on any atom is -0.394 e. The molecule has 1 saturated heterocycles. The lowest BCUT2D eigenvalue weighted by Crippen LogP contribution is -2.44. The fraction of sp³-hybridized carbons (Fsp3) is 0.300. The van der Waals surface area contributed by atoms with Crippen LogP contribution in [0.4, 0.5) is 11.4 Å². The van der Waals surface area contributed by atoms with E-state index in [0.29, 0.717) is 0 Å². The van der Waals surface area contributed by atoms with Crippen molar-refractivity contribution < 1.29 is 9.90 Å². The van der Waals surface area contributed by atoms with Gasteiger partial charge in [-0.15, -0.1) is 24.8 Å². The molecule has 1 amide bonds. The number of aliphatic hydroxyl groups excluding tert-OH is 1. The van der Waals surface area contributed by atoms with Gasteiger partial charge in [0.25, 0.3) is 5.91 Å². The lowest BCUT2D eigenvalue weighted by atomic mass is 9.99. The maximum absolute atomic E-state index is 12.6. The number of aliphatic imine (C=N–C) groups is 1. The van der Waals surface area contributed by atoms with Gasteiger partial charge in [-0.05, 0) is 6.07 Å². The van der Waals surface area contributed by atoms with Gasteiger partial charge in [0.05, 0.1) is 23.7 Å². The lowest BCUT2D eigenvalue weighted by molar-refractivity contribution is -0.118. The molecule has 0 spiro atoms. The summed E-state index contributed by atoms with van der Waals surface area (Å²) in [6.07, 6.45) is 0. The molecule has 1 fully saturated rings. The summed E-state index contributed by atoms with van der Waals surface area (Å²) in [5.41, 5.74) is 4.32. The van der Waals surface area contributed by atoms with Crippen LogP contribution in [0, 0.1) is 0 Å². The zero-order chi connectivity index (χ0) is 17.9. The Hall–Kier alpha value is -2.12. The van der Waals surface area contributed by atoms with E-state index in [9.17, 15) is 9.90 Å². The van der Waals surface area contributed by atoms with E-state index in [4.69, 9.17) is 0 Å². The number of nitrogens with zero attached hydrogens (tertiary/aromatic N) is 2. The second-order valence-electron chi connectivity index (χ2n) is 6.47. The molecule has 4 rings (SSSR count). The molecule has 2 aromatic rings. The number of halogens is 2. The molecule has 2 aliphatic rings. The average Bonchev–Trinajstić information content (AvgIpc) is 2.85. The molecule has 0 aliphatic carbocycles. The molecule has 0 bridgehead atoms. The van der Waals surface area contributed by atoms with Crippen LogP contribution in [0.5, 0.6) is 0 Å². The van der Waals surface area contributed by atoms with E-state index in [1.54, 1.807) is 0 Å². The van der Waals surface area contributed by atoms with Crippen molar-refractivity contribution in [1.82, 2.24) is 5.32 Å². The minimum atomic E-state index is -0.812. The molecule has 1 atom stereocenters. The van der Waals surface area contributed by atoms with E-state index in [1.165, 1.54) is 0 Å². The molecule has 0 aromatic heterocycles. The molecular formula is C20H24Cl2N4O2. The molecule has 0 unspecified atom stereocenters. The van der Waals surface area contributed by atoms with Crippen molar-refractivity contribution in [3.8, 4) is 0 Å². The third-order valence-electron chi connectivity index (χ3n) is 4.81. The SMILES string of the molecule is Cl.Cl.O=C1Nc2c(cccc2N2CCNCC2)C(c2ccccc2)=N[C@H]1CO. The number of hydrogen-bond donors (Lipinski definition) is 3. The Morgan fingerprint density at radius 3 is 2.43 bits per heavy atom. The fourth-order valence-corrected chi connectivity index (χ4v) is 3.48. The van der Waals surface area contributed by atoms with Crippen molar-refractivity contribution in [2.45, 2.75) is 6.04 Å². The third kappa shape index (κ3) is 4.31. The number of carbonyl (C=O) groups excluding carboxylic acids is 1. The largest absolute Gasteiger partial charge is 0.394 e. The summed E-state index contributed by atoms with van der Waals surface area (Å²) >= 11 is 0. The van der Waals surface area contributed by atoms with Gasteiger partial charge in [-0.2, -0.15) is 0 Å². The van der Waals surface area contributed by atoms with Crippen LogP contribution in [-0.4, -0.2) is 55.6 Å². The summed E-state index contributed by atoms with van der Waals surface area (Å²) < 4.78 is 0. The number of carbonyl (C=O) groups is 1. The maximum Gasteiger partial charge on any atom is 0.251 e. The van der Waals surface area contributed by atoms with Gasteiger partial charge in [0, 0.05) is 37.3 Å². The van der Waals surface area contributed by atoms with E-state index in [-0.39, 0.29) is 37.3 Å². The highest BCUT2D eigenvalue weighted by molar-refractivity contribution is 6.21. The normalized spacial score (nSPS) is 18.6. The highest BCUT2D eigenvalue weighted by Crippen LogP contribution is 2.34. The Balaban J connectivity index is 0.00000140. The number of hydrogen-bond acceptors (Lipinski definition) is 5. The Kier molecular flexibility index (Phi) is 7.83. The predicted molar refractivity (Wildman–Crippen MR) is 118 cm³/mol. The van der Waals surface area contributed by atoms with E-state index in [1.807, 2.05) is 48.5 Å².